The van der Waals surface area contributed by atoms with Crippen molar-refractivity contribution in [2.24, 2.45) is 0 Å². The number of aliphatic hydroxyl groups excluding tert-OH is 4. The van der Waals surface area contributed by atoms with Gasteiger partial charge in [-0.15, -0.1) is 0 Å². The van der Waals surface area contributed by atoms with Gasteiger partial charge in [-0.1, -0.05) is 159 Å². The van der Waals surface area contributed by atoms with E-state index in [1.807, 2.05) is 0 Å². The van der Waals surface area contributed by atoms with Gasteiger partial charge >= 0.3 is 11.9 Å². The number of aliphatic hydroxyl groups is 4. The van der Waals surface area contributed by atoms with Crippen LogP contribution in [0.1, 0.15) is 187 Å². The van der Waals surface area contributed by atoms with Crippen molar-refractivity contribution in [1.29, 1.82) is 0 Å². The fourth-order valence-electron chi connectivity index (χ4n) is 6.67. The highest BCUT2D eigenvalue weighted by Crippen LogP contribution is 2.22. The molecule has 1 heterocycles. The predicted octanol–water partition coefficient (Wildman–Crippen LogP) is 9.50. The lowest BCUT2D eigenvalue weighted by molar-refractivity contribution is -0.305. The molecule has 1 rings (SSSR count). The first-order chi connectivity index (χ1) is 27.3. The van der Waals surface area contributed by atoms with Crippen LogP contribution in [0.3, 0.4) is 0 Å². The van der Waals surface area contributed by atoms with E-state index in [1.54, 1.807) is 0 Å². The van der Waals surface area contributed by atoms with Crippen molar-refractivity contribution in [1.82, 2.24) is 0 Å². The Hall–Kier alpha value is -2.08. The highest BCUT2D eigenvalue weighted by Gasteiger charge is 2.44. The van der Waals surface area contributed by atoms with Gasteiger partial charge in [-0.25, -0.2) is 0 Å². The number of esters is 2. The lowest BCUT2D eigenvalue weighted by Gasteiger charge is -2.39. The highest BCUT2D eigenvalue weighted by molar-refractivity contribution is 5.70. The Morgan fingerprint density at radius 1 is 0.554 bits per heavy atom. The smallest absolute Gasteiger partial charge is 0.306 e. The van der Waals surface area contributed by atoms with E-state index >= 15 is 0 Å². The van der Waals surface area contributed by atoms with Crippen LogP contribution in [-0.4, -0.2) is 89.0 Å². The predicted molar refractivity (Wildman–Crippen MR) is 224 cm³/mol. The second-order valence-corrected chi connectivity index (χ2v) is 15.5. The summed E-state index contributed by atoms with van der Waals surface area (Å²) < 4.78 is 22.1. The first-order valence-corrected chi connectivity index (χ1v) is 22.6. The van der Waals surface area contributed by atoms with Crippen molar-refractivity contribution in [2.45, 2.75) is 224 Å². The van der Waals surface area contributed by atoms with E-state index in [9.17, 15) is 30.0 Å². The Labute approximate surface area is 340 Å². The van der Waals surface area contributed by atoms with Crippen LogP contribution in [0.5, 0.6) is 0 Å². The number of carbonyl (C=O) groups is 2. The van der Waals surface area contributed by atoms with Gasteiger partial charge in [-0.2, -0.15) is 0 Å². The molecule has 0 aliphatic carbocycles. The van der Waals surface area contributed by atoms with Gasteiger partial charge < -0.3 is 39.4 Å². The van der Waals surface area contributed by atoms with Crippen LogP contribution in [0.2, 0.25) is 0 Å². The second-order valence-electron chi connectivity index (χ2n) is 15.5. The van der Waals surface area contributed by atoms with E-state index in [-0.39, 0.29) is 26.1 Å². The van der Waals surface area contributed by atoms with Gasteiger partial charge in [0.05, 0.1) is 13.2 Å². The Kier molecular flexibility index (Phi) is 34.5. The Morgan fingerprint density at radius 2 is 1.00 bits per heavy atom. The lowest BCUT2D eigenvalue weighted by Crippen LogP contribution is -2.59. The van der Waals surface area contributed by atoms with Crippen LogP contribution in [0, 0.1) is 0 Å². The molecular weight excluding hydrogens is 712 g/mol. The van der Waals surface area contributed by atoms with Gasteiger partial charge in [-0.05, 0) is 51.4 Å². The summed E-state index contributed by atoms with van der Waals surface area (Å²) in [4.78, 5) is 25.3. The minimum atomic E-state index is -1.60. The molecule has 0 bridgehead atoms. The molecule has 0 amide bonds. The van der Waals surface area contributed by atoms with Gasteiger partial charge in [0.25, 0.3) is 0 Å². The second kappa shape index (κ2) is 37.2. The fraction of sp³-hybridized carbons (Fsp3) is 0.826. The molecule has 56 heavy (non-hydrogen) atoms. The minimum absolute atomic E-state index is 0.227. The Balaban J connectivity index is 2.34. The quantitative estimate of drug-likeness (QED) is 0.0272. The van der Waals surface area contributed by atoms with Crippen LogP contribution >= 0.6 is 0 Å². The molecule has 0 saturated carbocycles. The number of rotatable bonds is 37. The van der Waals surface area contributed by atoms with Crippen molar-refractivity contribution in [2.75, 3.05) is 19.8 Å². The molecule has 6 atom stereocenters. The molecule has 0 spiro atoms. The standard InChI is InChI=1S/C46H82O10/c1-3-5-7-9-11-13-15-17-19-20-21-23-24-26-28-30-32-34-41(48)53-37-39(38-54-46-45(52)44(51)43(50)40(36-47)56-46)55-42(49)35-33-31-29-27-25-22-18-16-14-12-10-8-6-4-2/h11,13,17,19,21,23,39-40,43-47,50-52H,3-10,12,14-16,18,20,22,24-38H2,1-2H3/b13-11+,19-17+,23-21+/t39-,40-,43+,44?,45?,46-/m0/s1. The SMILES string of the molecule is CCCCC/C=C/C/C=C/C/C=C/CCCCCCC(=O)OC[C@@H](CO[C@H]1O[C@@H](CO)[C@@H](O)C(O)C1O)OC(=O)CCCCCCCCCCCCCCCC. The zero-order valence-corrected chi connectivity index (χ0v) is 35.4. The van der Waals surface area contributed by atoms with E-state index in [0.29, 0.717) is 12.8 Å². The number of hydrogen-bond acceptors (Lipinski definition) is 10. The number of ether oxygens (including phenoxy) is 4. The van der Waals surface area contributed by atoms with Gasteiger partial charge in [0.2, 0.25) is 0 Å². The summed E-state index contributed by atoms with van der Waals surface area (Å²) in [5, 5.41) is 40.1. The van der Waals surface area contributed by atoms with Gasteiger partial charge in [0.1, 0.15) is 31.0 Å². The number of hydrogen-bond donors (Lipinski definition) is 4. The maximum atomic E-state index is 12.8. The molecule has 326 valence electrons. The average Bonchev–Trinajstić information content (AvgIpc) is 3.19. The molecule has 10 nitrogen and oxygen atoms in total. The summed E-state index contributed by atoms with van der Waals surface area (Å²) in [5.74, 6) is -0.828. The summed E-state index contributed by atoms with van der Waals surface area (Å²) in [6.07, 6.45) is 34.3. The molecule has 10 heteroatoms. The third-order valence-electron chi connectivity index (χ3n) is 10.3. The van der Waals surface area contributed by atoms with Crippen LogP contribution < -0.4 is 0 Å². The highest BCUT2D eigenvalue weighted by atomic mass is 16.7. The van der Waals surface area contributed by atoms with E-state index in [0.717, 1.165) is 57.8 Å². The van der Waals surface area contributed by atoms with Crippen molar-refractivity contribution in [3.63, 3.8) is 0 Å². The normalized spacial score (nSPS) is 20.7. The average molecular weight is 795 g/mol. The molecule has 2 unspecified atom stereocenters. The zero-order valence-electron chi connectivity index (χ0n) is 35.4. The van der Waals surface area contributed by atoms with E-state index in [1.165, 1.54) is 89.9 Å². The molecule has 0 aromatic heterocycles. The zero-order chi connectivity index (χ0) is 40.9. The van der Waals surface area contributed by atoms with E-state index in [2.05, 4.69) is 50.3 Å². The maximum absolute atomic E-state index is 12.8. The van der Waals surface area contributed by atoms with Crippen molar-refractivity contribution >= 4 is 11.9 Å². The number of unbranched alkanes of at least 4 members (excludes halogenated alkanes) is 20. The molecule has 1 aliphatic rings. The topological polar surface area (TPSA) is 152 Å². The molecule has 1 fully saturated rings. The molecule has 0 radical (unpaired) electrons. The summed E-state index contributed by atoms with van der Waals surface area (Å²) >= 11 is 0. The number of carbonyl (C=O) groups excluding carboxylic acids is 2. The van der Waals surface area contributed by atoms with Crippen LogP contribution in [0.4, 0.5) is 0 Å². The Bertz CT molecular complexity index is 1010. The first kappa shape index (κ1) is 51.9. The maximum Gasteiger partial charge on any atom is 0.306 e. The first-order valence-electron chi connectivity index (χ1n) is 22.6. The largest absolute Gasteiger partial charge is 0.462 e. The van der Waals surface area contributed by atoms with Gasteiger partial charge in [-0.3, -0.25) is 9.59 Å². The summed E-state index contributed by atoms with van der Waals surface area (Å²) in [5.41, 5.74) is 0. The van der Waals surface area contributed by atoms with Crippen LogP contribution in [0.15, 0.2) is 36.5 Å². The van der Waals surface area contributed by atoms with E-state index < -0.39 is 55.4 Å². The Morgan fingerprint density at radius 3 is 1.54 bits per heavy atom. The molecule has 4 N–H and O–H groups in total. The van der Waals surface area contributed by atoms with Crippen molar-refractivity contribution in [3.8, 4) is 0 Å². The summed E-state index contributed by atoms with van der Waals surface area (Å²) in [6, 6.07) is 0. The van der Waals surface area contributed by atoms with Crippen molar-refractivity contribution < 1.29 is 49.0 Å². The van der Waals surface area contributed by atoms with Gasteiger partial charge in [0, 0.05) is 12.8 Å². The third-order valence-corrected chi connectivity index (χ3v) is 10.3. The fourth-order valence-corrected chi connectivity index (χ4v) is 6.67. The van der Waals surface area contributed by atoms with Gasteiger partial charge in [0.15, 0.2) is 12.4 Å². The summed E-state index contributed by atoms with van der Waals surface area (Å²) in [7, 11) is 0. The molecular formula is C46H82O10. The summed E-state index contributed by atoms with van der Waals surface area (Å²) in [6.45, 7) is 3.38. The molecule has 0 aromatic carbocycles. The molecule has 0 aromatic rings. The van der Waals surface area contributed by atoms with E-state index in [4.69, 9.17) is 18.9 Å². The molecule has 1 aliphatic heterocycles. The number of allylic oxidation sites excluding steroid dienone is 6. The monoisotopic (exact) mass is 795 g/mol. The van der Waals surface area contributed by atoms with Crippen LogP contribution in [-0.2, 0) is 28.5 Å². The lowest BCUT2D eigenvalue weighted by atomic mass is 9.99. The van der Waals surface area contributed by atoms with Crippen LogP contribution in [0.25, 0.3) is 0 Å². The third kappa shape index (κ3) is 28.3. The molecule has 1 saturated heterocycles. The minimum Gasteiger partial charge on any atom is -0.462 e. The van der Waals surface area contributed by atoms with Crippen molar-refractivity contribution in [3.05, 3.63) is 36.5 Å².